The van der Waals surface area contributed by atoms with Crippen LogP contribution < -0.4 is 29.6 Å². The number of ether oxygens (including phenoxy) is 1. The maximum atomic E-state index is 10.7. The van der Waals surface area contributed by atoms with Gasteiger partial charge in [0.2, 0.25) is 0 Å². The van der Waals surface area contributed by atoms with E-state index in [-0.39, 0.29) is 43.2 Å². The summed E-state index contributed by atoms with van der Waals surface area (Å²) in [6.07, 6.45) is 0. The van der Waals surface area contributed by atoms with Gasteiger partial charge >= 0.3 is 45.9 Å². The Morgan fingerprint density at radius 1 is 1.50 bits per heavy atom. The van der Waals surface area contributed by atoms with Gasteiger partial charge in [-0.2, -0.15) is 8.42 Å². The SMILES string of the molecule is C=C(C)C(=O)OCCOS(=O)(=O)O.[H-].[Na+]. The number of carbonyl (C=O) groups is 1. The van der Waals surface area contributed by atoms with Crippen LogP contribution in [0.25, 0.3) is 0 Å². The molecule has 0 aromatic rings. The van der Waals surface area contributed by atoms with Gasteiger partial charge in [-0.3, -0.25) is 4.55 Å². The van der Waals surface area contributed by atoms with E-state index in [1.54, 1.807) is 0 Å². The summed E-state index contributed by atoms with van der Waals surface area (Å²) in [6, 6.07) is 0. The van der Waals surface area contributed by atoms with Gasteiger partial charge in [-0.1, -0.05) is 6.58 Å². The molecule has 0 saturated heterocycles. The Bertz CT molecular complexity index is 301. The van der Waals surface area contributed by atoms with Crippen molar-refractivity contribution < 1.29 is 57.7 Å². The van der Waals surface area contributed by atoms with Crippen LogP contribution in [0.5, 0.6) is 0 Å². The molecule has 0 fully saturated rings. The monoisotopic (exact) mass is 234 g/mol. The van der Waals surface area contributed by atoms with Crippen molar-refractivity contribution in [3.63, 3.8) is 0 Å². The van der Waals surface area contributed by atoms with Crippen molar-refractivity contribution in [2.45, 2.75) is 6.92 Å². The largest absolute Gasteiger partial charge is 1.00 e. The van der Waals surface area contributed by atoms with E-state index >= 15 is 0 Å². The molecule has 6 nitrogen and oxygen atoms in total. The predicted molar refractivity (Wildman–Crippen MR) is 44.4 cm³/mol. The van der Waals surface area contributed by atoms with Gasteiger partial charge in [0.05, 0.1) is 0 Å². The van der Waals surface area contributed by atoms with E-state index in [9.17, 15) is 13.2 Å². The summed E-state index contributed by atoms with van der Waals surface area (Å²) >= 11 is 0. The molecule has 0 aliphatic heterocycles. The van der Waals surface area contributed by atoms with Crippen LogP contribution in [-0.2, 0) is 24.1 Å². The zero-order valence-electron chi connectivity index (χ0n) is 9.02. The van der Waals surface area contributed by atoms with Crippen molar-refractivity contribution >= 4 is 16.4 Å². The molecule has 14 heavy (non-hydrogen) atoms. The summed E-state index contributed by atoms with van der Waals surface area (Å²) < 4.78 is 36.4. The first kappa shape index (κ1) is 16.5. The third-order valence-corrected chi connectivity index (χ3v) is 1.36. The van der Waals surface area contributed by atoms with Crippen molar-refractivity contribution in [2.24, 2.45) is 0 Å². The van der Waals surface area contributed by atoms with E-state index in [0.29, 0.717) is 0 Å². The quantitative estimate of drug-likeness (QED) is 0.180. The van der Waals surface area contributed by atoms with Crippen molar-refractivity contribution in [3.8, 4) is 0 Å². The Labute approximate surface area is 106 Å². The molecule has 1 N–H and O–H groups in total. The molecule has 0 aliphatic rings. The van der Waals surface area contributed by atoms with E-state index in [2.05, 4.69) is 15.5 Å². The Morgan fingerprint density at radius 2 is 2.00 bits per heavy atom. The number of rotatable bonds is 5. The molecule has 0 unspecified atom stereocenters. The zero-order chi connectivity index (χ0) is 10.5. The summed E-state index contributed by atoms with van der Waals surface area (Å²) in [4.78, 5) is 10.7. The maximum Gasteiger partial charge on any atom is 1.00 e. The summed E-state index contributed by atoms with van der Waals surface area (Å²) in [5.41, 5.74) is 0.201. The molecule has 78 valence electrons. The average Bonchev–Trinajstić information content (AvgIpc) is 1.95. The second-order valence-electron chi connectivity index (χ2n) is 2.17. The molecule has 0 heterocycles. The van der Waals surface area contributed by atoms with Crippen molar-refractivity contribution in [1.82, 2.24) is 0 Å². The van der Waals surface area contributed by atoms with Gasteiger partial charge in [-0.15, -0.1) is 0 Å². The van der Waals surface area contributed by atoms with E-state index in [1.807, 2.05) is 0 Å². The molecule has 0 aliphatic carbocycles. The number of carbonyl (C=O) groups excluding carboxylic acids is 1. The number of hydrogen-bond acceptors (Lipinski definition) is 5. The third-order valence-electron chi connectivity index (χ3n) is 0.897. The molecular weight excluding hydrogens is 223 g/mol. The smallest absolute Gasteiger partial charge is 1.00 e. The molecule has 0 bridgehead atoms. The molecule has 0 aromatic heterocycles. The minimum atomic E-state index is -4.46. The van der Waals surface area contributed by atoms with Crippen molar-refractivity contribution in [1.29, 1.82) is 0 Å². The van der Waals surface area contributed by atoms with Crippen LogP contribution in [0.1, 0.15) is 8.35 Å². The topological polar surface area (TPSA) is 89.9 Å². The molecule has 0 spiro atoms. The minimum Gasteiger partial charge on any atom is -1.00 e. The first-order chi connectivity index (χ1) is 5.83. The van der Waals surface area contributed by atoms with Gasteiger partial charge in [0.15, 0.2) is 0 Å². The van der Waals surface area contributed by atoms with Crippen LogP contribution in [0.2, 0.25) is 0 Å². The first-order valence-electron chi connectivity index (χ1n) is 3.27. The van der Waals surface area contributed by atoms with Gasteiger partial charge in [0.25, 0.3) is 0 Å². The normalized spacial score (nSPS) is 10.1. The van der Waals surface area contributed by atoms with Crippen LogP contribution >= 0.6 is 0 Å². The minimum absolute atomic E-state index is 0. The van der Waals surface area contributed by atoms with E-state index < -0.39 is 23.0 Å². The molecule has 0 radical (unpaired) electrons. The summed E-state index contributed by atoms with van der Waals surface area (Å²) in [7, 11) is -4.46. The molecule has 0 amide bonds. The van der Waals surface area contributed by atoms with Gasteiger partial charge in [0.1, 0.15) is 13.2 Å². The fourth-order valence-electron chi connectivity index (χ4n) is 0.397. The molecular formula is C6H11NaO6S. The van der Waals surface area contributed by atoms with Crippen LogP contribution in [0, 0.1) is 0 Å². The van der Waals surface area contributed by atoms with E-state index in [0.717, 1.165) is 0 Å². The average molecular weight is 234 g/mol. The molecule has 0 rings (SSSR count). The summed E-state index contributed by atoms with van der Waals surface area (Å²) in [5.74, 6) is -0.640. The molecule has 8 heteroatoms. The van der Waals surface area contributed by atoms with E-state index in [1.165, 1.54) is 6.92 Å². The first-order valence-corrected chi connectivity index (χ1v) is 4.64. The zero-order valence-corrected chi connectivity index (χ0v) is 10.8. The molecule has 0 aromatic carbocycles. The summed E-state index contributed by atoms with van der Waals surface area (Å²) in [5, 5.41) is 0. The van der Waals surface area contributed by atoms with Gasteiger partial charge in [-0.25, -0.2) is 8.98 Å². The maximum absolute atomic E-state index is 10.7. The Kier molecular flexibility index (Phi) is 8.70. The Balaban J connectivity index is -0.000000720. The van der Waals surface area contributed by atoms with Crippen molar-refractivity contribution in [2.75, 3.05) is 13.2 Å². The van der Waals surface area contributed by atoms with Crippen LogP contribution in [-0.4, -0.2) is 32.2 Å². The fraction of sp³-hybridized carbons (Fsp3) is 0.500. The fourth-order valence-corrected chi connectivity index (χ4v) is 0.676. The number of esters is 1. The van der Waals surface area contributed by atoms with Gasteiger partial charge in [0, 0.05) is 5.57 Å². The number of hydrogen-bond donors (Lipinski definition) is 1. The summed E-state index contributed by atoms with van der Waals surface area (Å²) in [6.45, 7) is 4.07. The molecule has 0 atom stereocenters. The second kappa shape index (κ2) is 7.38. The Morgan fingerprint density at radius 3 is 2.36 bits per heavy atom. The third kappa shape index (κ3) is 10.2. The van der Waals surface area contributed by atoms with Crippen LogP contribution in [0.3, 0.4) is 0 Å². The predicted octanol–water partition coefficient (Wildman–Crippen LogP) is -2.96. The van der Waals surface area contributed by atoms with Crippen molar-refractivity contribution in [3.05, 3.63) is 12.2 Å². The second-order valence-corrected chi connectivity index (χ2v) is 3.26. The van der Waals surface area contributed by atoms with E-state index in [4.69, 9.17) is 4.55 Å². The standard InChI is InChI=1S/C6H10O6S.Na.H/c1-5(2)6(7)11-3-4-12-13(8,9)10;;/h1,3-4H2,2H3,(H,8,9,10);;/q;+1;-1. The Hall–Kier alpha value is 0.0800. The van der Waals surface area contributed by atoms with Crippen LogP contribution in [0.15, 0.2) is 12.2 Å². The molecule has 0 saturated carbocycles. The van der Waals surface area contributed by atoms with Crippen LogP contribution in [0.4, 0.5) is 0 Å². The van der Waals surface area contributed by atoms with Gasteiger partial charge in [-0.05, 0) is 6.92 Å². The van der Waals surface area contributed by atoms with Gasteiger partial charge < -0.3 is 6.16 Å².